The van der Waals surface area contributed by atoms with Gasteiger partial charge in [-0.2, -0.15) is 0 Å². The van der Waals surface area contributed by atoms with E-state index in [1.54, 1.807) is 23.5 Å². The van der Waals surface area contributed by atoms with E-state index in [2.05, 4.69) is 35.5 Å². The lowest BCUT2D eigenvalue weighted by Gasteiger charge is -2.15. The Labute approximate surface area is 126 Å². The molecule has 1 aromatic carbocycles. The zero-order valence-electron chi connectivity index (χ0n) is 12.1. The fourth-order valence-electron chi connectivity index (χ4n) is 2.70. The van der Waals surface area contributed by atoms with Gasteiger partial charge in [0.15, 0.2) is 0 Å². The number of hydrogen-bond donors (Lipinski definition) is 1. The Hall–Kier alpha value is -2.14. The summed E-state index contributed by atoms with van der Waals surface area (Å²) in [5, 5.41) is 9.29. The minimum absolute atomic E-state index is 0.137. The summed E-state index contributed by atoms with van der Waals surface area (Å²) in [6, 6.07) is 9.67. The summed E-state index contributed by atoms with van der Waals surface area (Å²) in [6.07, 6.45) is 0. The second kappa shape index (κ2) is 5.00. The molecule has 5 heteroatoms. The minimum atomic E-state index is -0.940. The van der Waals surface area contributed by atoms with E-state index in [4.69, 9.17) is 0 Å². The Bertz CT molecular complexity index is 832. The quantitative estimate of drug-likeness (QED) is 0.794. The predicted molar refractivity (Wildman–Crippen MR) is 84.3 cm³/mol. The molecule has 0 fully saturated rings. The summed E-state index contributed by atoms with van der Waals surface area (Å²) >= 11 is 1.76. The van der Waals surface area contributed by atoms with Gasteiger partial charge in [-0.1, -0.05) is 6.07 Å². The number of aryl methyl sites for hydroxylation is 2. The monoisotopic (exact) mass is 300 g/mol. The van der Waals surface area contributed by atoms with Crippen molar-refractivity contribution < 1.29 is 9.90 Å². The number of benzene rings is 1. The number of hydrogen-bond acceptors (Lipinski definition) is 3. The van der Waals surface area contributed by atoms with E-state index in [-0.39, 0.29) is 11.6 Å². The average molecular weight is 300 g/mol. The van der Waals surface area contributed by atoms with Crippen molar-refractivity contribution >= 4 is 28.3 Å². The maximum Gasteiger partial charge on any atom is 0.337 e. The number of carbonyl (C=O) groups is 1. The normalized spacial score (nSPS) is 12.7. The number of aromatic carboxylic acids is 1. The molecular formula is C16H16N2O2S. The highest BCUT2D eigenvalue weighted by Gasteiger charge is 2.19. The number of carboxylic acids is 1. The van der Waals surface area contributed by atoms with Crippen molar-refractivity contribution in [2.75, 3.05) is 0 Å². The first kappa shape index (κ1) is 13.8. The third-order valence-electron chi connectivity index (χ3n) is 3.69. The number of para-hydroxylation sites is 1. The molecule has 0 saturated carbocycles. The third-order valence-corrected chi connectivity index (χ3v) is 4.86. The van der Waals surface area contributed by atoms with Crippen molar-refractivity contribution in [2.24, 2.45) is 0 Å². The molecule has 0 aliphatic rings. The molecule has 2 heterocycles. The highest BCUT2D eigenvalue weighted by atomic mass is 32.1. The van der Waals surface area contributed by atoms with Crippen LogP contribution >= 0.6 is 11.3 Å². The van der Waals surface area contributed by atoms with Crippen molar-refractivity contribution in [3.8, 4) is 0 Å². The zero-order valence-corrected chi connectivity index (χ0v) is 12.9. The summed E-state index contributed by atoms with van der Waals surface area (Å²) < 4.78 is 2.10. The van der Waals surface area contributed by atoms with Crippen LogP contribution in [0.2, 0.25) is 0 Å². The van der Waals surface area contributed by atoms with E-state index in [0.29, 0.717) is 5.52 Å². The van der Waals surface area contributed by atoms with Crippen LogP contribution in [-0.2, 0) is 0 Å². The molecule has 0 aliphatic heterocycles. The Morgan fingerprint density at radius 1 is 1.29 bits per heavy atom. The number of imidazole rings is 1. The van der Waals surface area contributed by atoms with Gasteiger partial charge in [-0.3, -0.25) is 0 Å². The number of aromatic nitrogens is 2. The molecule has 1 atom stereocenters. The molecule has 0 radical (unpaired) electrons. The maximum absolute atomic E-state index is 11.3. The molecule has 21 heavy (non-hydrogen) atoms. The molecule has 3 rings (SSSR count). The van der Waals surface area contributed by atoms with E-state index in [1.165, 1.54) is 9.75 Å². The standard InChI is InChI=1S/C16H16N2O2S/c1-9-7-8-14(21-9)10(2)18-11(3)17-15-12(16(19)20)5-4-6-13(15)18/h4-8,10H,1-3H3,(H,19,20). The first-order chi connectivity index (χ1) is 9.99. The fourth-order valence-corrected chi connectivity index (χ4v) is 3.62. The Morgan fingerprint density at radius 2 is 2.05 bits per heavy atom. The SMILES string of the molecule is Cc1ccc(C(C)n2c(C)nc3c(C(=O)O)cccc32)s1. The fraction of sp³-hybridized carbons (Fsp3) is 0.250. The molecule has 108 valence electrons. The number of thiophene rings is 1. The number of carboxylic acid groups (broad SMARTS) is 1. The first-order valence-corrected chi connectivity index (χ1v) is 7.58. The van der Waals surface area contributed by atoms with Crippen LogP contribution in [-0.4, -0.2) is 20.6 Å². The molecule has 1 unspecified atom stereocenters. The summed E-state index contributed by atoms with van der Waals surface area (Å²) in [4.78, 5) is 18.3. The molecule has 2 aromatic heterocycles. The van der Waals surface area contributed by atoms with Crippen LogP contribution in [0.1, 0.15) is 38.9 Å². The van der Waals surface area contributed by atoms with Gasteiger partial charge in [0.1, 0.15) is 11.3 Å². The third kappa shape index (κ3) is 2.23. The van der Waals surface area contributed by atoms with Gasteiger partial charge >= 0.3 is 5.97 Å². The maximum atomic E-state index is 11.3. The molecule has 0 amide bonds. The van der Waals surface area contributed by atoms with Crippen LogP contribution in [0.4, 0.5) is 0 Å². The van der Waals surface area contributed by atoms with E-state index in [9.17, 15) is 9.90 Å². The second-order valence-corrected chi connectivity index (χ2v) is 6.45. The average Bonchev–Trinajstić information content (AvgIpc) is 3.00. The van der Waals surface area contributed by atoms with Gasteiger partial charge in [0, 0.05) is 9.75 Å². The number of rotatable bonds is 3. The molecule has 0 spiro atoms. The van der Waals surface area contributed by atoms with Gasteiger partial charge in [-0.25, -0.2) is 9.78 Å². The van der Waals surface area contributed by atoms with Gasteiger partial charge in [0.25, 0.3) is 0 Å². The molecule has 4 nitrogen and oxygen atoms in total. The van der Waals surface area contributed by atoms with Crippen molar-refractivity contribution in [1.29, 1.82) is 0 Å². The molecule has 0 saturated heterocycles. The van der Waals surface area contributed by atoms with Gasteiger partial charge in [0.2, 0.25) is 0 Å². The number of fused-ring (bicyclic) bond motifs is 1. The minimum Gasteiger partial charge on any atom is -0.478 e. The van der Waals surface area contributed by atoms with Crippen LogP contribution in [0.5, 0.6) is 0 Å². The van der Waals surface area contributed by atoms with E-state index >= 15 is 0 Å². The lowest BCUT2D eigenvalue weighted by Crippen LogP contribution is -2.07. The van der Waals surface area contributed by atoms with Crippen molar-refractivity contribution in [2.45, 2.75) is 26.8 Å². The topological polar surface area (TPSA) is 55.1 Å². The van der Waals surface area contributed by atoms with E-state index < -0.39 is 5.97 Å². The molecule has 1 N–H and O–H groups in total. The Morgan fingerprint density at radius 3 is 2.67 bits per heavy atom. The first-order valence-electron chi connectivity index (χ1n) is 6.76. The Balaban J connectivity index is 2.21. The summed E-state index contributed by atoms with van der Waals surface area (Å²) in [5.74, 6) is -0.109. The van der Waals surface area contributed by atoms with Crippen LogP contribution in [0.15, 0.2) is 30.3 Å². The van der Waals surface area contributed by atoms with E-state index in [0.717, 1.165) is 11.3 Å². The number of nitrogens with zero attached hydrogens (tertiary/aromatic N) is 2. The summed E-state index contributed by atoms with van der Waals surface area (Å²) in [7, 11) is 0. The highest BCUT2D eigenvalue weighted by molar-refractivity contribution is 7.12. The smallest absolute Gasteiger partial charge is 0.337 e. The van der Waals surface area contributed by atoms with Crippen LogP contribution < -0.4 is 0 Å². The predicted octanol–water partition coefficient (Wildman–Crippen LogP) is 4.02. The molecule has 0 bridgehead atoms. The largest absolute Gasteiger partial charge is 0.478 e. The van der Waals surface area contributed by atoms with Crippen molar-refractivity contribution in [3.05, 3.63) is 51.5 Å². The van der Waals surface area contributed by atoms with Crippen molar-refractivity contribution in [1.82, 2.24) is 9.55 Å². The molecule has 3 aromatic rings. The van der Waals surface area contributed by atoms with Gasteiger partial charge in [-0.15, -0.1) is 11.3 Å². The van der Waals surface area contributed by atoms with Gasteiger partial charge in [-0.05, 0) is 45.0 Å². The zero-order chi connectivity index (χ0) is 15.1. The summed E-state index contributed by atoms with van der Waals surface area (Å²) in [6.45, 7) is 6.12. The van der Waals surface area contributed by atoms with Gasteiger partial charge in [0.05, 0.1) is 17.1 Å². The lowest BCUT2D eigenvalue weighted by molar-refractivity contribution is 0.0699. The van der Waals surface area contributed by atoms with Crippen LogP contribution in [0, 0.1) is 13.8 Å². The highest BCUT2D eigenvalue weighted by Crippen LogP contribution is 2.31. The van der Waals surface area contributed by atoms with Crippen LogP contribution in [0.25, 0.3) is 11.0 Å². The van der Waals surface area contributed by atoms with Crippen LogP contribution in [0.3, 0.4) is 0 Å². The van der Waals surface area contributed by atoms with Gasteiger partial charge < -0.3 is 9.67 Å². The molecular weight excluding hydrogens is 284 g/mol. The van der Waals surface area contributed by atoms with Crippen molar-refractivity contribution in [3.63, 3.8) is 0 Å². The summed E-state index contributed by atoms with van der Waals surface area (Å²) in [5.41, 5.74) is 1.68. The lowest BCUT2D eigenvalue weighted by atomic mass is 10.1. The van der Waals surface area contributed by atoms with E-state index in [1.807, 2.05) is 13.0 Å². The Kier molecular flexibility index (Phi) is 3.29. The molecule has 0 aliphatic carbocycles. The second-order valence-electron chi connectivity index (χ2n) is 5.13.